The molecule has 1 saturated heterocycles. The number of carbonyl (C=O) groups is 2. The van der Waals surface area contributed by atoms with Crippen LogP contribution in [-0.4, -0.2) is 45.4 Å². The second-order valence-electron chi connectivity index (χ2n) is 6.17. The van der Waals surface area contributed by atoms with Crippen LogP contribution in [0.5, 0.6) is 0 Å². The molecule has 0 aliphatic carbocycles. The van der Waals surface area contributed by atoms with Crippen molar-refractivity contribution in [3.8, 4) is 0 Å². The maximum atomic E-state index is 12.6. The van der Waals surface area contributed by atoms with Gasteiger partial charge in [-0.2, -0.15) is 0 Å². The predicted octanol–water partition coefficient (Wildman–Crippen LogP) is 1.01. The number of nitrogens with two attached hydrogens (primary N) is 1. The Morgan fingerprint density at radius 1 is 1.36 bits per heavy atom. The molecule has 1 amide bonds. The molecular formula is C18H22N4O3. The molecule has 3 rings (SSSR count). The molecule has 0 bridgehead atoms. The average Bonchev–Trinajstić information content (AvgIpc) is 3.31. The number of aromatic nitrogens is 2. The minimum atomic E-state index is -0.706. The molecular weight excluding hydrogens is 320 g/mol. The zero-order valence-corrected chi connectivity index (χ0v) is 13.9. The van der Waals surface area contributed by atoms with Crippen molar-refractivity contribution in [2.45, 2.75) is 38.0 Å². The van der Waals surface area contributed by atoms with E-state index < -0.39 is 12.1 Å². The number of nitrogens with zero attached hydrogens (tertiary/aromatic N) is 2. The minimum Gasteiger partial charge on any atom is -0.459 e. The monoisotopic (exact) mass is 342 g/mol. The predicted molar refractivity (Wildman–Crippen MR) is 91.2 cm³/mol. The Morgan fingerprint density at radius 2 is 2.16 bits per heavy atom. The molecule has 132 valence electrons. The van der Waals surface area contributed by atoms with Crippen LogP contribution in [0.25, 0.3) is 0 Å². The number of rotatable bonds is 6. The van der Waals surface area contributed by atoms with Gasteiger partial charge in [-0.3, -0.25) is 4.79 Å². The van der Waals surface area contributed by atoms with Crippen LogP contribution >= 0.6 is 0 Å². The Bertz CT molecular complexity index is 702. The summed E-state index contributed by atoms with van der Waals surface area (Å²) in [7, 11) is 0. The van der Waals surface area contributed by atoms with E-state index in [4.69, 9.17) is 10.5 Å². The van der Waals surface area contributed by atoms with E-state index >= 15 is 0 Å². The first-order valence-corrected chi connectivity index (χ1v) is 8.39. The number of hydrogen-bond donors (Lipinski definition) is 2. The summed E-state index contributed by atoms with van der Waals surface area (Å²) in [5.41, 5.74) is 7.74. The van der Waals surface area contributed by atoms with Crippen molar-refractivity contribution < 1.29 is 14.3 Å². The van der Waals surface area contributed by atoms with Crippen LogP contribution in [0.3, 0.4) is 0 Å². The summed E-state index contributed by atoms with van der Waals surface area (Å²) in [6, 6.07) is 8.22. The van der Waals surface area contributed by atoms with Gasteiger partial charge in [-0.25, -0.2) is 9.78 Å². The first-order chi connectivity index (χ1) is 12.1. The van der Waals surface area contributed by atoms with Crippen molar-refractivity contribution in [1.29, 1.82) is 0 Å². The number of likely N-dealkylation sites (tertiary alicyclic amines) is 1. The largest absolute Gasteiger partial charge is 0.459 e. The van der Waals surface area contributed by atoms with Gasteiger partial charge in [0.2, 0.25) is 5.91 Å². The van der Waals surface area contributed by atoms with Gasteiger partial charge < -0.3 is 20.4 Å². The quantitative estimate of drug-likeness (QED) is 0.763. The summed E-state index contributed by atoms with van der Waals surface area (Å²) < 4.78 is 5.39. The molecule has 1 aliphatic rings. The number of esters is 1. The zero-order valence-electron chi connectivity index (χ0n) is 13.9. The molecule has 3 N–H and O–H groups in total. The van der Waals surface area contributed by atoms with E-state index in [0.29, 0.717) is 19.4 Å². The van der Waals surface area contributed by atoms with E-state index in [2.05, 4.69) is 9.97 Å². The molecule has 0 radical (unpaired) electrons. The van der Waals surface area contributed by atoms with E-state index in [1.807, 2.05) is 30.3 Å². The van der Waals surface area contributed by atoms with Crippen molar-refractivity contribution >= 4 is 11.9 Å². The van der Waals surface area contributed by atoms with Gasteiger partial charge in [-0.1, -0.05) is 30.3 Å². The van der Waals surface area contributed by atoms with Crippen LogP contribution in [0.15, 0.2) is 42.9 Å². The number of H-pyrrole nitrogens is 1. The second kappa shape index (κ2) is 7.94. The fraction of sp³-hybridized carbons (Fsp3) is 0.389. The molecule has 2 unspecified atom stereocenters. The topological polar surface area (TPSA) is 101 Å². The lowest BCUT2D eigenvalue weighted by Crippen LogP contribution is -2.49. The lowest BCUT2D eigenvalue weighted by Gasteiger charge is -2.26. The van der Waals surface area contributed by atoms with E-state index in [1.54, 1.807) is 17.4 Å². The van der Waals surface area contributed by atoms with Gasteiger partial charge in [0.1, 0.15) is 12.6 Å². The normalized spacial score (nSPS) is 18.1. The molecule has 7 heteroatoms. The Hall–Kier alpha value is -2.67. The number of imidazole rings is 1. The molecule has 2 aromatic rings. The van der Waals surface area contributed by atoms with Crippen LogP contribution in [0.2, 0.25) is 0 Å². The first kappa shape index (κ1) is 17.2. The van der Waals surface area contributed by atoms with Gasteiger partial charge in [0, 0.05) is 24.9 Å². The second-order valence-corrected chi connectivity index (χ2v) is 6.17. The van der Waals surface area contributed by atoms with Gasteiger partial charge >= 0.3 is 5.97 Å². The Morgan fingerprint density at radius 3 is 2.88 bits per heavy atom. The van der Waals surface area contributed by atoms with Crippen LogP contribution in [0.1, 0.15) is 24.1 Å². The highest BCUT2D eigenvalue weighted by Crippen LogP contribution is 2.20. The third-order valence-corrected chi connectivity index (χ3v) is 4.34. The summed E-state index contributed by atoms with van der Waals surface area (Å²) in [4.78, 5) is 33.4. The number of hydrogen-bond acceptors (Lipinski definition) is 5. The smallest absolute Gasteiger partial charge is 0.329 e. The molecule has 0 spiro atoms. The van der Waals surface area contributed by atoms with Gasteiger partial charge in [0.15, 0.2) is 0 Å². The average molecular weight is 342 g/mol. The highest BCUT2D eigenvalue weighted by molar-refractivity contribution is 5.88. The van der Waals surface area contributed by atoms with Crippen LogP contribution in [0.4, 0.5) is 0 Å². The molecule has 2 heterocycles. The molecule has 25 heavy (non-hydrogen) atoms. The van der Waals surface area contributed by atoms with Gasteiger partial charge in [0.25, 0.3) is 0 Å². The van der Waals surface area contributed by atoms with Crippen molar-refractivity contribution in [3.63, 3.8) is 0 Å². The van der Waals surface area contributed by atoms with Crippen molar-refractivity contribution in [2.75, 3.05) is 6.54 Å². The highest BCUT2D eigenvalue weighted by Gasteiger charge is 2.37. The summed E-state index contributed by atoms with van der Waals surface area (Å²) in [6.45, 7) is 0.735. The fourth-order valence-electron chi connectivity index (χ4n) is 3.03. The maximum Gasteiger partial charge on any atom is 0.329 e. The van der Waals surface area contributed by atoms with E-state index in [1.165, 1.54) is 0 Å². The summed E-state index contributed by atoms with van der Waals surface area (Å²) in [5, 5.41) is 0. The summed E-state index contributed by atoms with van der Waals surface area (Å²) >= 11 is 0. The number of nitrogens with one attached hydrogen (secondary N) is 1. The Labute approximate surface area is 146 Å². The van der Waals surface area contributed by atoms with Crippen molar-refractivity contribution in [1.82, 2.24) is 14.9 Å². The van der Waals surface area contributed by atoms with Crippen LogP contribution in [-0.2, 0) is 27.4 Å². The third kappa shape index (κ3) is 4.24. The van der Waals surface area contributed by atoms with Crippen LogP contribution in [0, 0.1) is 0 Å². The SMILES string of the molecule is NC(Cc1cnc[nH]1)C(=O)N1CCCC1C(=O)OCc1ccccc1. The zero-order chi connectivity index (χ0) is 17.6. The molecule has 1 aliphatic heterocycles. The number of aromatic amines is 1. The lowest BCUT2D eigenvalue weighted by atomic mass is 10.1. The number of carbonyl (C=O) groups excluding carboxylic acids is 2. The molecule has 1 aromatic carbocycles. The Balaban J connectivity index is 1.57. The van der Waals surface area contributed by atoms with Crippen LogP contribution < -0.4 is 5.73 Å². The molecule has 0 saturated carbocycles. The van der Waals surface area contributed by atoms with Gasteiger partial charge in [0.05, 0.1) is 12.4 Å². The van der Waals surface area contributed by atoms with E-state index in [-0.39, 0.29) is 18.5 Å². The van der Waals surface area contributed by atoms with Crippen molar-refractivity contribution in [3.05, 3.63) is 54.1 Å². The summed E-state index contributed by atoms with van der Waals surface area (Å²) in [6.07, 6.45) is 4.93. The maximum absolute atomic E-state index is 12.6. The Kier molecular flexibility index (Phi) is 5.45. The summed E-state index contributed by atoms with van der Waals surface area (Å²) in [5.74, 6) is -0.600. The molecule has 7 nitrogen and oxygen atoms in total. The standard InChI is InChI=1S/C18H22N4O3/c19-15(9-14-10-20-12-21-14)17(23)22-8-4-7-16(22)18(24)25-11-13-5-2-1-3-6-13/h1-3,5-6,10,12,15-16H,4,7-9,11,19H2,(H,20,21). The molecule has 2 atom stereocenters. The van der Waals surface area contributed by atoms with E-state index in [0.717, 1.165) is 17.7 Å². The highest BCUT2D eigenvalue weighted by atomic mass is 16.5. The lowest BCUT2D eigenvalue weighted by molar-refractivity contribution is -0.154. The molecule has 1 aromatic heterocycles. The number of ether oxygens (including phenoxy) is 1. The van der Waals surface area contributed by atoms with Gasteiger partial charge in [-0.15, -0.1) is 0 Å². The number of benzene rings is 1. The molecule has 1 fully saturated rings. The minimum absolute atomic E-state index is 0.207. The third-order valence-electron chi connectivity index (χ3n) is 4.34. The van der Waals surface area contributed by atoms with E-state index in [9.17, 15) is 9.59 Å². The first-order valence-electron chi connectivity index (χ1n) is 8.39. The van der Waals surface area contributed by atoms with Crippen molar-refractivity contribution in [2.24, 2.45) is 5.73 Å². The number of amides is 1. The fourth-order valence-corrected chi connectivity index (χ4v) is 3.03. The van der Waals surface area contributed by atoms with Gasteiger partial charge in [-0.05, 0) is 18.4 Å².